The van der Waals surface area contributed by atoms with Crippen LogP contribution in [0.2, 0.25) is 0 Å². The first-order chi connectivity index (χ1) is 6.95. The van der Waals surface area contributed by atoms with E-state index >= 15 is 0 Å². The Labute approximate surface area is 85.7 Å². The highest BCUT2D eigenvalue weighted by atomic mass is 16.6. The minimum absolute atomic E-state index is 0.809. The van der Waals surface area contributed by atoms with Gasteiger partial charge in [-0.25, -0.2) is 5.48 Å². The highest BCUT2D eigenvalue weighted by molar-refractivity contribution is 5.80. The number of rotatable bonds is 6. The van der Waals surface area contributed by atoms with Crippen molar-refractivity contribution in [2.24, 2.45) is 0 Å². The van der Waals surface area contributed by atoms with E-state index in [-0.39, 0.29) is 0 Å². The van der Waals surface area contributed by atoms with Crippen LogP contribution in [0.15, 0.2) is 0 Å². The molecule has 0 heterocycles. The number of nitrogens with one attached hydrogen (secondary N) is 1. The summed E-state index contributed by atoms with van der Waals surface area (Å²) in [6, 6.07) is 0. The van der Waals surface area contributed by atoms with E-state index in [0.29, 0.717) is 0 Å². The van der Waals surface area contributed by atoms with E-state index in [9.17, 15) is 9.90 Å². The average Bonchev–Trinajstić information content (AvgIpc) is 2.25. The molecular formula is C7H15NO7. The summed E-state index contributed by atoms with van der Waals surface area (Å²) in [5.41, 5.74) is 1.73. The van der Waals surface area contributed by atoms with Crippen LogP contribution in [0.5, 0.6) is 0 Å². The summed E-state index contributed by atoms with van der Waals surface area (Å²) in [7, 11) is 1.12. The third-order valence-electron chi connectivity index (χ3n) is 1.73. The normalized spacial score (nSPS) is 19.1. The first kappa shape index (κ1) is 14.2. The molecule has 0 aromatic heterocycles. The van der Waals surface area contributed by atoms with Crippen molar-refractivity contribution < 1.29 is 35.2 Å². The number of amides is 1. The van der Waals surface area contributed by atoms with Crippen LogP contribution >= 0.6 is 0 Å². The zero-order valence-electron chi connectivity index (χ0n) is 8.07. The van der Waals surface area contributed by atoms with Gasteiger partial charge in [-0.3, -0.25) is 9.63 Å². The number of hydrogen-bond donors (Lipinski definition) is 6. The number of hydrogen-bond acceptors (Lipinski definition) is 7. The van der Waals surface area contributed by atoms with Crippen LogP contribution in [0.3, 0.4) is 0 Å². The molecule has 4 atom stereocenters. The molecule has 1 amide bonds. The lowest BCUT2D eigenvalue weighted by molar-refractivity contribution is -0.157. The summed E-state index contributed by atoms with van der Waals surface area (Å²) in [5.74, 6) is -1.07. The molecule has 0 aliphatic rings. The Hall–Kier alpha value is -0.770. The predicted molar refractivity (Wildman–Crippen MR) is 46.3 cm³/mol. The van der Waals surface area contributed by atoms with E-state index in [2.05, 4.69) is 4.84 Å². The molecule has 0 fully saturated rings. The fourth-order valence-corrected chi connectivity index (χ4v) is 0.838. The van der Waals surface area contributed by atoms with Gasteiger partial charge >= 0.3 is 0 Å². The molecule has 0 aliphatic heterocycles. The maximum Gasteiger partial charge on any atom is 0.275 e. The number of carbonyl (C=O) groups is 1. The first-order valence-electron chi connectivity index (χ1n) is 4.11. The topological polar surface area (TPSA) is 139 Å². The largest absolute Gasteiger partial charge is 0.394 e. The van der Waals surface area contributed by atoms with Crippen LogP contribution in [0.4, 0.5) is 0 Å². The van der Waals surface area contributed by atoms with Crippen molar-refractivity contribution in [2.75, 3.05) is 13.7 Å². The van der Waals surface area contributed by atoms with E-state index in [1.165, 1.54) is 0 Å². The van der Waals surface area contributed by atoms with E-state index in [1.54, 1.807) is 5.48 Å². The van der Waals surface area contributed by atoms with Gasteiger partial charge in [-0.1, -0.05) is 0 Å². The van der Waals surface area contributed by atoms with E-state index in [4.69, 9.17) is 20.4 Å². The molecule has 8 heteroatoms. The van der Waals surface area contributed by atoms with Gasteiger partial charge in [0.1, 0.15) is 18.3 Å². The fourth-order valence-electron chi connectivity index (χ4n) is 0.838. The zero-order chi connectivity index (χ0) is 12.0. The van der Waals surface area contributed by atoms with Gasteiger partial charge in [0.15, 0.2) is 6.10 Å². The third kappa shape index (κ3) is 4.08. The van der Waals surface area contributed by atoms with Crippen molar-refractivity contribution in [3.05, 3.63) is 0 Å². The number of aliphatic hydroxyl groups is 5. The van der Waals surface area contributed by atoms with Gasteiger partial charge in [-0.15, -0.1) is 0 Å². The molecule has 6 N–H and O–H groups in total. The molecule has 0 aliphatic carbocycles. The fraction of sp³-hybridized carbons (Fsp3) is 0.857. The van der Waals surface area contributed by atoms with Crippen LogP contribution in [0.25, 0.3) is 0 Å². The zero-order valence-corrected chi connectivity index (χ0v) is 8.07. The van der Waals surface area contributed by atoms with E-state index in [0.717, 1.165) is 7.11 Å². The summed E-state index contributed by atoms with van der Waals surface area (Å²) >= 11 is 0. The third-order valence-corrected chi connectivity index (χ3v) is 1.73. The molecule has 0 rings (SSSR count). The van der Waals surface area contributed by atoms with E-state index in [1.807, 2.05) is 0 Å². The van der Waals surface area contributed by atoms with Gasteiger partial charge in [0.05, 0.1) is 13.7 Å². The molecule has 0 saturated carbocycles. The number of aliphatic hydroxyl groups excluding tert-OH is 5. The summed E-state index contributed by atoms with van der Waals surface area (Å²) < 4.78 is 0. The van der Waals surface area contributed by atoms with Crippen molar-refractivity contribution in [1.82, 2.24) is 5.48 Å². The first-order valence-corrected chi connectivity index (χ1v) is 4.11. The summed E-state index contributed by atoms with van der Waals surface area (Å²) in [6.07, 6.45) is -7.39. The van der Waals surface area contributed by atoms with Crippen LogP contribution in [-0.4, -0.2) is 69.6 Å². The van der Waals surface area contributed by atoms with Crippen LogP contribution in [0, 0.1) is 0 Å². The second-order valence-corrected chi connectivity index (χ2v) is 2.85. The van der Waals surface area contributed by atoms with Crippen LogP contribution in [-0.2, 0) is 9.63 Å². The predicted octanol–water partition coefficient (Wildman–Crippen LogP) is -3.90. The Bertz CT molecular complexity index is 200. The molecule has 0 saturated heterocycles. The van der Waals surface area contributed by atoms with Crippen molar-refractivity contribution in [3.8, 4) is 0 Å². The molecule has 90 valence electrons. The van der Waals surface area contributed by atoms with Crippen molar-refractivity contribution in [3.63, 3.8) is 0 Å². The quantitative estimate of drug-likeness (QED) is 0.254. The molecule has 0 aromatic carbocycles. The van der Waals surface area contributed by atoms with Gasteiger partial charge in [0, 0.05) is 0 Å². The van der Waals surface area contributed by atoms with Crippen LogP contribution < -0.4 is 5.48 Å². The minimum atomic E-state index is -1.97. The Morgan fingerprint density at radius 1 is 1.27 bits per heavy atom. The molecule has 0 radical (unpaired) electrons. The Kier molecular flexibility index (Phi) is 6.32. The van der Waals surface area contributed by atoms with Gasteiger partial charge in [-0.05, 0) is 0 Å². The maximum atomic E-state index is 10.9. The van der Waals surface area contributed by atoms with E-state index < -0.39 is 36.9 Å². The molecule has 0 aromatic rings. The minimum Gasteiger partial charge on any atom is -0.394 e. The summed E-state index contributed by atoms with van der Waals surface area (Å²) in [5, 5.41) is 44.8. The molecule has 0 bridgehead atoms. The van der Waals surface area contributed by atoms with Crippen molar-refractivity contribution in [1.29, 1.82) is 0 Å². The number of hydroxylamine groups is 1. The Morgan fingerprint density at radius 3 is 2.20 bits per heavy atom. The lowest BCUT2D eigenvalue weighted by Gasteiger charge is -2.24. The van der Waals surface area contributed by atoms with Crippen molar-refractivity contribution >= 4 is 5.91 Å². The highest BCUT2D eigenvalue weighted by Crippen LogP contribution is 2.05. The molecule has 0 spiro atoms. The molecular weight excluding hydrogens is 210 g/mol. The van der Waals surface area contributed by atoms with Gasteiger partial charge < -0.3 is 25.5 Å². The standard InChI is InChI=1S/C7H15NO7/c1-15-8-7(14)6(13)5(12)4(11)3(10)2-9/h3-6,9-13H,2H2,1H3,(H,8,14)/t3-,4-,5+,6-/m1/s1. The van der Waals surface area contributed by atoms with Gasteiger partial charge in [0.2, 0.25) is 0 Å². The summed E-state index contributed by atoms with van der Waals surface area (Å²) in [6.45, 7) is -0.809. The molecule has 8 nitrogen and oxygen atoms in total. The monoisotopic (exact) mass is 225 g/mol. The Morgan fingerprint density at radius 2 is 1.80 bits per heavy atom. The summed E-state index contributed by atoms with van der Waals surface area (Å²) in [4.78, 5) is 15.1. The smallest absolute Gasteiger partial charge is 0.275 e. The Balaban J connectivity index is 4.29. The van der Waals surface area contributed by atoms with Crippen molar-refractivity contribution in [2.45, 2.75) is 24.4 Å². The SMILES string of the molecule is CONC(=O)[C@H](O)[C@@H](O)[C@H](O)[C@H](O)CO. The lowest BCUT2D eigenvalue weighted by Crippen LogP contribution is -2.51. The second kappa shape index (κ2) is 6.67. The molecule has 0 unspecified atom stereocenters. The number of carbonyl (C=O) groups excluding carboxylic acids is 1. The average molecular weight is 225 g/mol. The van der Waals surface area contributed by atoms with Gasteiger partial charge in [-0.2, -0.15) is 0 Å². The lowest BCUT2D eigenvalue weighted by atomic mass is 10.0. The highest BCUT2D eigenvalue weighted by Gasteiger charge is 2.34. The second-order valence-electron chi connectivity index (χ2n) is 2.85. The van der Waals surface area contributed by atoms with Gasteiger partial charge in [0.25, 0.3) is 5.91 Å². The molecule has 15 heavy (non-hydrogen) atoms. The van der Waals surface area contributed by atoms with Crippen LogP contribution in [0.1, 0.15) is 0 Å². The maximum absolute atomic E-state index is 10.9.